The average molecular weight is 201 g/mol. The Morgan fingerprint density at radius 3 is 1.79 bits per heavy atom. The predicted molar refractivity (Wildman–Crippen MR) is 67.8 cm³/mol. The third-order valence-electron chi connectivity index (χ3n) is 2.16. The van der Waals surface area contributed by atoms with Gasteiger partial charge in [0.15, 0.2) is 0 Å². The minimum Gasteiger partial charge on any atom is -0.303 e. The van der Waals surface area contributed by atoms with Gasteiger partial charge in [0.05, 0.1) is 0 Å². The molecule has 0 aromatic carbocycles. The molecule has 0 atom stereocenters. The van der Waals surface area contributed by atoms with Crippen LogP contribution in [-0.4, -0.2) is 24.5 Å². The van der Waals surface area contributed by atoms with Crippen molar-refractivity contribution in [2.45, 2.75) is 54.9 Å². The van der Waals surface area contributed by atoms with Gasteiger partial charge in [-0.25, -0.2) is 0 Å². The molecule has 0 aliphatic carbocycles. The van der Waals surface area contributed by atoms with Crippen molar-refractivity contribution in [3.05, 3.63) is 0 Å². The van der Waals surface area contributed by atoms with E-state index in [0.29, 0.717) is 0 Å². The van der Waals surface area contributed by atoms with Crippen LogP contribution >= 0.6 is 0 Å². The summed E-state index contributed by atoms with van der Waals surface area (Å²) in [5, 5.41) is 0. The van der Waals surface area contributed by atoms with E-state index in [2.05, 4.69) is 25.7 Å². The first kappa shape index (κ1) is 16.4. The molecule has 1 aliphatic rings. The maximum Gasteiger partial charge on any atom is 0.00194 e. The maximum atomic E-state index is 2.55. The quantitative estimate of drug-likeness (QED) is 0.666. The summed E-state index contributed by atoms with van der Waals surface area (Å²) in [5.41, 5.74) is 0. The third kappa shape index (κ3) is 8.55. The Morgan fingerprint density at radius 1 is 1.07 bits per heavy atom. The predicted octanol–water partition coefficient (Wildman–Crippen LogP) is 4.04. The second-order valence-corrected chi connectivity index (χ2v) is 4.05. The van der Waals surface area contributed by atoms with Crippen LogP contribution in [-0.2, 0) is 0 Å². The van der Waals surface area contributed by atoms with Gasteiger partial charge in [0.2, 0.25) is 0 Å². The molecule has 0 bridgehead atoms. The van der Waals surface area contributed by atoms with E-state index in [1.165, 1.54) is 26.1 Å². The number of hydrogen-bond acceptors (Lipinski definition) is 1. The number of likely N-dealkylation sites (tertiary alicyclic amines) is 1. The monoisotopic (exact) mass is 201 g/mol. The Balaban J connectivity index is 0. The second-order valence-electron chi connectivity index (χ2n) is 4.05. The largest absolute Gasteiger partial charge is 0.303 e. The number of nitrogens with zero attached hydrogens (tertiary/aromatic N) is 1. The van der Waals surface area contributed by atoms with E-state index in [0.717, 1.165) is 11.8 Å². The molecule has 0 unspecified atom stereocenters. The Morgan fingerprint density at radius 2 is 1.50 bits per heavy atom. The van der Waals surface area contributed by atoms with E-state index < -0.39 is 0 Å². The molecule has 1 fully saturated rings. The smallest absolute Gasteiger partial charge is 0.00194 e. The standard InChI is InChI=1S/C9H19N.2C2H6/c1-8(2)4-5-10-6-9(3)7-10;2*1-2/h8-9H,4-7H2,1-3H3;2*1-2H3. The van der Waals surface area contributed by atoms with E-state index in [4.69, 9.17) is 0 Å². The van der Waals surface area contributed by atoms with Gasteiger partial charge < -0.3 is 4.90 Å². The van der Waals surface area contributed by atoms with E-state index in [9.17, 15) is 0 Å². The Kier molecular flexibility index (Phi) is 12.9. The highest BCUT2D eigenvalue weighted by molar-refractivity contribution is 4.75. The number of rotatable bonds is 3. The van der Waals surface area contributed by atoms with Gasteiger partial charge in [-0.2, -0.15) is 0 Å². The molecule has 1 heteroatoms. The summed E-state index contributed by atoms with van der Waals surface area (Å²) in [4.78, 5) is 2.55. The summed E-state index contributed by atoms with van der Waals surface area (Å²) in [6, 6.07) is 0. The van der Waals surface area contributed by atoms with Crippen molar-refractivity contribution in [3.63, 3.8) is 0 Å². The Hall–Kier alpha value is -0.0400. The van der Waals surface area contributed by atoms with Crippen LogP contribution in [0.25, 0.3) is 0 Å². The van der Waals surface area contributed by atoms with Gasteiger partial charge in [-0.15, -0.1) is 0 Å². The molecule has 1 heterocycles. The zero-order valence-electron chi connectivity index (χ0n) is 11.4. The summed E-state index contributed by atoms with van der Waals surface area (Å²) in [6.45, 7) is 18.9. The molecule has 0 spiro atoms. The van der Waals surface area contributed by atoms with Crippen molar-refractivity contribution in [1.29, 1.82) is 0 Å². The Bertz CT molecular complexity index is 93.4. The summed E-state index contributed by atoms with van der Waals surface area (Å²) in [6.07, 6.45) is 1.37. The summed E-state index contributed by atoms with van der Waals surface area (Å²) < 4.78 is 0. The molecule has 0 N–H and O–H groups in total. The van der Waals surface area contributed by atoms with E-state index in [-0.39, 0.29) is 0 Å². The fraction of sp³-hybridized carbons (Fsp3) is 1.00. The summed E-state index contributed by atoms with van der Waals surface area (Å²) in [7, 11) is 0. The van der Waals surface area contributed by atoms with Crippen molar-refractivity contribution in [3.8, 4) is 0 Å². The molecule has 1 saturated heterocycles. The summed E-state index contributed by atoms with van der Waals surface area (Å²) >= 11 is 0. The van der Waals surface area contributed by atoms with E-state index in [1.807, 2.05) is 27.7 Å². The van der Waals surface area contributed by atoms with Crippen molar-refractivity contribution >= 4 is 0 Å². The summed E-state index contributed by atoms with van der Waals surface area (Å²) in [5.74, 6) is 1.84. The van der Waals surface area contributed by atoms with Crippen LogP contribution in [0.2, 0.25) is 0 Å². The van der Waals surface area contributed by atoms with Crippen molar-refractivity contribution in [2.75, 3.05) is 19.6 Å². The first-order valence-electron chi connectivity index (χ1n) is 6.41. The van der Waals surface area contributed by atoms with Crippen LogP contribution in [0.15, 0.2) is 0 Å². The lowest BCUT2D eigenvalue weighted by Gasteiger charge is -2.37. The van der Waals surface area contributed by atoms with Crippen LogP contribution in [0.3, 0.4) is 0 Å². The van der Waals surface area contributed by atoms with Gasteiger partial charge in [0.1, 0.15) is 0 Å². The maximum absolute atomic E-state index is 2.55. The van der Waals surface area contributed by atoms with Gasteiger partial charge in [0, 0.05) is 13.1 Å². The van der Waals surface area contributed by atoms with Gasteiger partial charge in [-0.05, 0) is 24.8 Å². The fourth-order valence-electron chi connectivity index (χ4n) is 1.45. The molecule has 88 valence electrons. The third-order valence-corrected chi connectivity index (χ3v) is 2.16. The van der Waals surface area contributed by atoms with Gasteiger partial charge in [0.25, 0.3) is 0 Å². The van der Waals surface area contributed by atoms with E-state index >= 15 is 0 Å². The first-order valence-corrected chi connectivity index (χ1v) is 6.41. The minimum absolute atomic E-state index is 0.871. The zero-order chi connectivity index (χ0) is 11.6. The Labute approximate surface area is 91.9 Å². The zero-order valence-corrected chi connectivity index (χ0v) is 11.4. The molecule has 0 amide bonds. The van der Waals surface area contributed by atoms with Gasteiger partial charge >= 0.3 is 0 Å². The average Bonchev–Trinajstić information content (AvgIpc) is 2.17. The van der Waals surface area contributed by atoms with Crippen LogP contribution < -0.4 is 0 Å². The van der Waals surface area contributed by atoms with Crippen molar-refractivity contribution in [2.24, 2.45) is 11.8 Å². The van der Waals surface area contributed by atoms with Crippen molar-refractivity contribution < 1.29 is 0 Å². The molecule has 14 heavy (non-hydrogen) atoms. The first-order chi connectivity index (χ1) is 6.68. The van der Waals surface area contributed by atoms with Crippen LogP contribution in [0, 0.1) is 11.8 Å². The highest BCUT2D eigenvalue weighted by Crippen LogP contribution is 2.15. The molecule has 0 aromatic heterocycles. The molecule has 0 aromatic rings. The lowest BCUT2D eigenvalue weighted by molar-refractivity contribution is 0.107. The van der Waals surface area contributed by atoms with Crippen LogP contribution in [0.4, 0.5) is 0 Å². The molecule has 0 radical (unpaired) electrons. The number of hydrogen-bond donors (Lipinski definition) is 0. The molecule has 1 rings (SSSR count). The SMILES string of the molecule is CC.CC.CC(C)CCN1CC(C)C1. The second kappa shape index (κ2) is 11.0. The molecular weight excluding hydrogens is 170 g/mol. The molecular formula is C13H31N. The fourth-order valence-corrected chi connectivity index (χ4v) is 1.45. The van der Waals surface area contributed by atoms with Crippen molar-refractivity contribution in [1.82, 2.24) is 4.90 Å². The topological polar surface area (TPSA) is 3.24 Å². The lowest BCUT2D eigenvalue weighted by Crippen LogP contribution is -2.45. The molecule has 0 saturated carbocycles. The highest BCUT2D eigenvalue weighted by Gasteiger charge is 2.21. The van der Waals surface area contributed by atoms with E-state index in [1.54, 1.807) is 0 Å². The van der Waals surface area contributed by atoms with Crippen LogP contribution in [0.5, 0.6) is 0 Å². The normalized spacial score (nSPS) is 16.3. The van der Waals surface area contributed by atoms with Gasteiger partial charge in [-0.1, -0.05) is 48.5 Å². The molecule has 1 aliphatic heterocycles. The molecule has 1 nitrogen and oxygen atoms in total. The highest BCUT2D eigenvalue weighted by atomic mass is 15.2. The minimum atomic E-state index is 0.871. The lowest BCUT2D eigenvalue weighted by atomic mass is 10.0. The van der Waals surface area contributed by atoms with Gasteiger partial charge in [-0.3, -0.25) is 0 Å². The van der Waals surface area contributed by atoms with Crippen LogP contribution in [0.1, 0.15) is 54.9 Å².